The van der Waals surface area contributed by atoms with Crippen LogP contribution >= 0.6 is 11.8 Å². The van der Waals surface area contributed by atoms with Crippen molar-refractivity contribution < 1.29 is 13.2 Å². The minimum Gasteiger partial charge on any atom is -0.329 e. The van der Waals surface area contributed by atoms with Gasteiger partial charge in [0, 0.05) is 13.1 Å². The molecular formula is C8H13F3N4OS. The van der Waals surface area contributed by atoms with Crippen LogP contribution in [0.15, 0.2) is 9.95 Å². The molecule has 0 radical (unpaired) electrons. The Labute approximate surface area is 99.6 Å². The number of hydrogen-bond acceptors (Lipinski definition) is 4. The predicted octanol–water partition coefficient (Wildman–Crippen LogP) is 0.963. The summed E-state index contributed by atoms with van der Waals surface area (Å²) in [5.41, 5.74) is 4.56. The summed E-state index contributed by atoms with van der Waals surface area (Å²) in [4.78, 5) is 11.3. The summed E-state index contributed by atoms with van der Waals surface area (Å²) in [6.45, 7) is 1.59. The maximum Gasteiger partial charge on any atom is 0.402 e. The fourth-order valence-corrected chi connectivity index (χ4v) is 2.07. The summed E-state index contributed by atoms with van der Waals surface area (Å²) in [6, 6.07) is 0. The second-order valence-electron chi connectivity index (χ2n) is 3.35. The first-order valence-corrected chi connectivity index (χ1v) is 5.86. The molecule has 0 aliphatic carbocycles. The Morgan fingerprint density at radius 2 is 2.24 bits per heavy atom. The highest BCUT2D eigenvalue weighted by Crippen LogP contribution is 2.33. The van der Waals surface area contributed by atoms with Crippen molar-refractivity contribution in [3.63, 3.8) is 0 Å². The highest BCUT2D eigenvalue weighted by Gasteiger charge is 2.40. The van der Waals surface area contributed by atoms with Gasteiger partial charge in [-0.05, 0) is 6.42 Å². The Morgan fingerprint density at radius 1 is 1.59 bits per heavy atom. The molecule has 3 N–H and O–H groups in total. The van der Waals surface area contributed by atoms with E-state index in [9.17, 15) is 18.0 Å². The first kappa shape index (κ1) is 14.1. The van der Waals surface area contributed by atoms with Crippen molar-refractivity contribution in [3.8, 4) is 0 Å². The van der Waals surface area contributed by atoms with Gasteiger partial charge < -0.3 is 5.73 Å². The van der Waals surface area contributed by atoms with E-state index in [0.29, 0.717) is 24.7 Å². The van der Waals surface area contributed by atoms with Crippen LogP contribution in [0.3, 0.4) is 0 Å². The standard InChI is InChI=1S/C8H13F3N4OS/c1-2-3-15-6(16)13-14-7(15)17-5(4-12)8(9,10)11/h5H,2-4,12H2,1H3,(H,13,16). The smallest absolute Gasteiger partial charge is 0.329 e. The van der Waals surface area contributed by atoms with Crippen LogP contribution < -0.4 is 11.4 Å². The third kappa shape index (κ3) is 3.50. The van der Waals surface area contributed by atoms with Gasteiger partial charge in [-0.25, -0.2) is 9.89 Å². The van der Waals surface area contributed by atoms with Crippen LogP contribution in [0.1, 0.15) is 13.3 Å². The number of hydrogen-bond donors (Lipinski definition) is 2. The van der Waals surface area contributed by atoms with E-state index in [1.54, 1.807) is 0 Å². The average Bonchev–Trinajstić information content (AvgIpc) is 2.56. The summed E-state index contributed by atoms with van der Waals surface area (Å²) in [5, 5.41) is 3.96. The number of H-pyrrole nitrogens is 1. The van der Waals surface area contributed by atoms with Gasteiger partial charge in [-0.2, -0.15) is 13.2 Å². The Morgan fingerprint density at radius 3 is 2.71 bits per heavy atom. The first-order valence-electron chi connectivity index (χ1n) is 4.98. The maximum atomic E-state index is 12.5. The molecule has 0 aliphatic heterocycles. The van der Waals surface area contributed by atoms with E-state index >= 15 is 0 Å². The molecule has 0 fully saturated rings. The van der Waals surface area contributed by atoms with E-state index in [1.807, 2.05) is 6.92 Å². The lowest BCUT2D eigenvalue weighted by molar-refractivity contribution is -0.126. The van der Waals surface area contributed by atoms with Crippen LogP contribution in [0.2, 0.25) is 0 Å². The zero-order valence-electron chi connectivity index (χ0n) is 9.12. The van der Waals surface area contributed by atoms with Gasteiger partial charge in [-0.15, -0.1) is 5.10 Å². The minimum atomic E-state index is -4.41. The average molecular weight is 270 g/mol. The van der Waals surface area contributed by atoms with Crippen molar-refractivity contribution in [2.24, 2.45) is 5.73 Å². The number of nitrogens with one attached hydrogen (secondary N) is 1. The molecule has 1 aromatic rings. The molecule has 9 heteroatoms. The van der Waals surface area contributed by atoms with E-state index in [0.717, 1.165) is 0 Å². The lowest BCUT2D eigenvalue weighted by Gasteiger charge is -2.17. The highest BCUT2D eigenvalue weighted by atomic mass is 32.2. The number of aromatic amines is 1. The van der Waals surface area contributed by atoms with Gasteiger partial charge in [-0.3, -0.25) is 4.57 Å². The van der Waals surface area contributed by atoms with Gasteiger partial charge in [0.15, 0.2) is 5.16 Å². The van der Waals surface area contributed by atoms with Crippen molar-refractivity contribution in [3.05, 3.63) is 10.5 Å². The number of rotatable bonds is 5. The van der Waals surface area contributed by atoms with E-state index in [-0.39, 0.29) is 5.16 Å². The molecule has 0 bridgehead atoms. The summed E-state index contributed by atoms with van der Waals surface area (Å²) in [6.07, 6.45) is -3.78. The molecule has 0 aromatic carbocycles. The van der Waals surface area contributed by atoms with Crippen molar-refractivity contribution in [1.29, 1.82) is 0 Å². The van der Waals surface area contributed by atoms with E-state index in [2.05, 4.69) is 10.2 Å². The minimum absolute atomic E-state index is 0.0182. The lowest BCUT2D eigenvalue weighted by atomic mass is 10.4. The second kappa shape index (κ2) is 5.58. The molecule has 1 aromatic heterocycles. The molecule has 1 atom stereocenters. The van der Waals surface area contributed by atoms with Crippen LogP contribution in [-0.2, 0) is 6.54 Å². The molecule has 0 aliphatic rings. The van der Waals surface area contributed by atoms with Crippen molar-refractivity contribution in [1.82, 2.24) is 14.8 Å². The van der Waals surface area contributed by atoms with E-state index in [4.69, 9.17) is 5.73 Å². The molecule has 0 amide bonds. The Kier molecular flexibility index (Phi) is 4.63. The number of thioether (sulfide) groups is 1. The van der Waals surface area contributed by atoms with Gasteiger partial charge in [0.05, 0.1) is 0 Å². The summed E-state index contributed by atoms with van der Waals surface area (Å²) >= 11 is 0.454. The fourth-order valence-electron chi connectivity index (χ4n) is 1.19. The zero-order chi connectivity index (χ0) is 13.1. The third-order valence-corrected chi connectivity index (χ3v) is 3.26. The molecule has 1 heterocycles. The number of nitrogens with two attached hydrogens (primary N) is 1. The van der Waals surface area contributed by atoms with Gasteiger partial charge in [0.25, 0.3) is 0 Å². The van der Waals surface area contributed by atoms with Crippen LogP contribution in [-0.4, -0.2) is 32.7 Å². The molecule has 5 nitrogen and oxygen atoms in total. The molecule has 0 saturated carbocycles. The summed E-state index contributed by atoms with van der Waals surface area (Å²) in [7, 11) is 0. The quantitative estimate of drug-likeness (QED) is 0.781. The monoisotopic (exact) mass is 270 g/mol. The van der Waals surface area contributed by atoms with Crippen molar-refractivity contribution >= 4 is 11.8 Å². The third-order valence-electron chi connectivity index (χ3n) is 2.00. The number of aromatic nitrogens is 3. The number of alkyl halides is 3. The zero-order valence-corrected chi connectivity index (χ0v) is 9.94. The van der Waals surface area contributed by atoms with Crippen molar-refractivity contribution in [2.75, 3.05) is 6.54 Å². The largest absolute Gasteiger partial charge is 0.402 e. The van der Waals surface area contributed by atoms with E-state index in [1.165, 1.54) is 4.57 Å². The molecule has 98 valence electrons. The molecule has 0 spiro atoms. The van der Waals surface area contributed by atoms with Gasteiger partial charge in [-0.1, -0.05) is 18.7 Å². The number of halogens is 3. The Bertz CT molecular complexity index is 414. The van der Waals surface area contributed by atoms with Gasteiger partial charge >= 0.3 is 11.9 Å². The predicted molar refractivity (Wildman–Crippen MR) is 57.9 cm³/mol. The van der Waals surface area contributed by atoms with E-state index < -0.39 is 23.7 Å². The Hall–Kier alpha value is -0.960. The molecule has 1 unspecified atom stereocenters. The van der Waals surface area contributed by atoms with Crippen LogP contribution in [0.5, 0.6) is 0 Å². The highest BCUT2D eigenvalue weighted by molar-refractivity contribution is 7.99. The first-order chi connectivity index (χ1) is 7.90. The summed E-state index contributed by atoms with van der Waals surface area (Å²) in [5.74, 6) is 0. The molecule has 0 saturated heterocycles. The molecule has 17 heavy (non-hydrogen) atoms. The number of nitrogens with zero attached hydrogens (tertiary/aromatic N) is 2. The summed E-state index contributed by atoms with van der Waals surface area (Å²) < 4.78 is 38.7. The van der Waals surface area contributed by atoms with Crippen LogP contribution in [0.25, 0.3) is 0 Å². The van der Waals surface area contributed by atoms with Crippen molar-refractivity contribution in [2.45, 2.75) is 36.5 Å². The topological polar surface area (TPSA) is 76.7 Å². The Balaban J connectivity index is 2.90. The normalized spacial score (nSPS) is 13.9. The molecular weight excluding hydrogens is 257 g/mol. The van der Waals surface area contributed by atoms with Crippen LogP contribution in [0.4, 0.5) is 13.2 Å². The fraction of sp³-hybridized carbons (Fsp3) is 0.750. The van der Waals surface area contributed by atoms with Gasteiger partial charge in [0.2, 0.25) is 0 Å². The molecule has 1 rings (SSSR count). The maximum absolute atomic E-state index is 12.5. The van der Waals surface area contributed by atoms with Crippen LogP contribution in [0, 0.1) is 0 Å². The lowest BCUT2D eigenvalue weighted by Crippen LogP contribution is -2.33. The SMILES string of the molecule is CCCn1c(SC(CN)C(F)(F)F)n[nH]c1=O. The second-order valence-corrected chi connectivity index (χ2v) is 4.52. The van der Waals surface area contributed by atoms with Gasteiger partial charge in [0.1, 0.15) is 5.25 Å².